The Morgan fingerprint density at radius 1 is 1.28 bits per heavy atom. The lowest BCUT2D eigenvalue weighted by atomic mass is 10.2. The molecule has 3 N–H and O–H groups in total. The average molecular weight is 347 g/mol. The van der Waals surface area contributed by atoms with Crippen LogP contribution in [0.4, 0.5) is 0 Å². The highest BCUT2D eigenvalue weighted by atomic mass is 32.1. The molecule has 0 aliphatic carbocycles. The molecular formula is C19H17N5S. The van der Waals surface area contributed by atoms with Crippen LogP contribution in [0.5, 0.6) is 0 Å². The molecule has 0 amide bonds. The Labute approximate surface area is 148 Å². The maximum Gasteiger partial charge on any atom is 0.194 e. The van der Waals surface area contributed by atoms with Crippen molar-refractivity contribution in [1.82, 2.24) is 14.5 Å². The minimum absolute atomic E-state index is 0.480. The predicted octanol–water partition coefficient (Wildman–Crippen LogP) is 3.45. The number of nitrogens with zero attached hydrogens (tertiary/aromatic N) is 3. The predicted molar refractivity (Wildman–Crippen MR) is 102 cm³/mol. The van der Waals surface area contributed by atoms with Gasteiger partial charge in [-0.05, 0) is 23.8 Å². The third kappa shape index (κ3) is 2.82. The molecular weight excluding hydrogens is 330 g/mol. The third-order valence-corrected chi connectivity index (χ3v) is 4.81. The minimum atomic E-state index is 0.480. The normalized spacial score (nSPS) is 12.0. The quantitative estimate of drug-likeness (QED) is 0.593. The molecule has 0 fully saturated rings. The number of nitrogens with two attached hydrogens (primary N) is 1. The van der Waals surface area contributed by atoms with Gasteiger partial charge in [0.25, 0.3) is 0 Å². The first-order valence-electron chi connectivity index (χ1n) is 7.88. The van der Waals surface area contributed by atoms with Crippen LogP contribution in [0.1, 0.15) is 11.1 Å². The number of pyridine rings is 1. The highest BCUT2D eigenvalue weighted by Gasteiger charge is 2.08. The van der Waals surface area contributed by atoms with Crippen molar-refractivity contribution in [1.29, 1.82) is 0 Å². The molecule has 0 saturated carbocycles. The van der Waals surface area contributed by atoms with Gasteiger partial charge in [0.1, 0.15) is 5.65 Å². The molecule has 0 aliphatic heterocycles. The number of aromatic nitrogens is 3. The van der Waals surface area contributed by atoms with E-state index in [9.17, 15) is 0 Å². The van der Waals surface area contributed by atoms with Crippen LogP contribution in [0.3, 0.4) is 0 Å². The summed E-state index contributed by atoms with van der Waals surface area (Å²) in [7, 11) is 0. The Morgan fingerprint density at radius 3 is 3.04 bits per heavy atom. The highest BCUT2D eigenvalue weighted by molar-refractivity contribution is 7.07. The van der Waals surface area contributed by atoms with Gasteiger partial charge < -0.3 is 10.7 Å². The molecule has 0 atom stereocenters. The lowest BCUT2D eigenvalue weighted by Crippen LogP contribution is -2.14. The van der Waals surface area contributed by atoms with Gasteiger partial charge in [0.15, 0.2) is 4.80 Å². The molecule has 0 unspecified atom stereocenters. The molecule has 0 radical (unpaired) electrons. The summed E-state index contributed by atoms with van der Waals surface area (Å²) in [5.74, 6) is 0. The third-order valence-electron chi connectivity index (χ3n) is 4.05. The van der Waals surface area contributed by atoms with Crippen LogP contribution in [0.15, 0.2) is 71.9 Å². The fourth-order valence-corrected chi connectivity index (χ4v) is 3.57. The van der Waals surface area contributed by atoms with Gasteiger partial charge in [-0.1, -0.05) is 24.8 Å². The standard InChI is InChI=1S/C19H17N5S/c1-13(16-12-22-18-15(16)6-4-8-21-18)23-19-24(9-10-25-19)17-7-3-2-5-14(17)11-20/h2-10,12H,1,11,20H2,(H,21,22). The molecule has 4 aromatic rings. The topological polar surface area (TPSA) is 72.0 Å². The smallest absolute Gasteiger partial charge is 0.194 e. The van der Waals surface area contributed by atoms with Gasteiger partial charge in [-0.15, -0.1) is 11.3 Å². The lowest BCUT2D eigenvalue weighted by molar-refractivity contribution is 0.955. The highest BCUT2D eigenvalue weighted by Crippen LogP contribution is 2.23. The van der Waals surface area contributed by atoms with Gasteiger partial charge in [0.05, 0.1) is 11.4 Å². The van der Waals surface area contributed by atoms with Crippen molar-refractivity contribution < 1.29 is 0 Å². The Hall–Kier alpha value is -2.96. The molecule has 6 heteroatoms. The van der Waals surface area contributed by atoms with Crippen LogP contribution in [0.2, 0.25) is 0 Å². The molecule has 4 rings (SSSR count). The summed E-state index contributed by atoms with van der Waals surface area (Å²) >= 11 is 1.56. The fourth-order valence-electron chi connectivity index (χ4n) is 2.83. The van der Waals surface area contributed by atoms with Gasteiger partial charge in [0, 0.05) is 41.5 Å². The first-order chi connectivity index (χ1) is 12.3. The fraction of sp³-hybridized carbons (Fsp3) is 0.0526. The lowest BCUT2D eigenvalue weighted by Gasteiger charge is -2.08. The van der Waals surface area contributed by atoms with Crippen LogP contribution in [-0.2, 0) is 6.54 Å². The summed E-state index contributed by atoms with van der Waals surface area (Å²) in [4.78, 5) is 13.1. The van der Waals surface area contributed by atoms with E-state index in [1.54, 1.807) is 17.5 Å². The van der Waals surface area contributed by atoms with Crippen LogP contribution in [0, 0.1) is 0 Å². The number of thiazole rings is 1. The van der Waals surface area contributed by atoms with E-state index in [1.165, 1.54) is 0 Å². The second kappa shape index (κ2) is 6.51. The summed E-state index contributed by atoms with van der Waals surface area (Å²) in [6.07, 6.45) is 5.66. The Morgan fingerprint density at radius 2 is 2.16 bits per heavy atom. The van der Waals surface area contributed by atoms with Crippen molar-refractivity contribution >= 4 is 28.1 Å². The maximum atomic E-state index is 5.88. The molecule has 0 spiro atoms. The number of H-pyrrole nitrogens is 1. The zero-order valence-corrected chi connectivity index (χ0v) is 14.3. The van der Waals surface area contributed by atoms with Gasteiger partial charge >= 0.3 is 0 Å². The van der Waals surface area contributed by atoms with Crippen molar-refractivity contribution in [2.45, 2.75) is 6.54 Å². The summed E-state index contributed by atoms with van der Waals surface area (Å²) < 4.78 is 2.05. The first-order valence-corrected chi connectivity index (χ1v) is 8.76. The minimum Gasteiger partial charge on any atom is -0.345 e. The van der Waals surface area contributed by atoms with E-state index in [-0.39, 0.29) is 0 Å². The number of rotatable bonds is 4. The van der Waals surface area contributed by atoms with E-state index < -0.39 is 0 Å². The Kier molecular flexibility index (Phi) is 4.05. The second-order valence-electron chi connectivity index (χ2n) is 5.55. The summed E-state index contributed by atoms with van der Waals surface area (Å²) in [6.45, 7) is 4.63. The monoisotopic (exact) mass is 347 g/mol. The first kappa shape index (κ1) is 15.6. The number of nitrogens with one attached hydrogen (secondary N) is 1. The van der Waals surface area contributed by atoms with Crippen LogP contribution in [0.25, 0.3) is 22.4 Å². The zero-order chi connectivity index (χ0) is 17.2. The van der Waals surface area contributed by atoms with Gasteiger partial charge in [-0.25, -0.2) is 9.98 Å². The molecule has 3 heterocycles. The van der Waals surface area contributed by atoms with Crippen molar-refractivity contribution in [3.8, 4) is 5.69 Å². The van der Waals surface area contributed by atoms with E-state index in [4.69, 9.17) is 10.7 Å². The molecule has 0 aliphatic rings. The Balaban J connectivity index is 1.81. The number of aromatic amines is 1. The Bertz CT molecular complexity index is 1120. The maximum absolute atomic E-state index is 5.88. The molecule has 0 bridgehead atoms. The molecule has 3 aromatic heterocycles. The zero-order valence-electron chi connectivity index (χ0n) is 13.5. The van der Waals surface area contributed by atoms with E-state index in [0.29, 0.717) is 12.2 Å². The van der Waals surface area contributed by atoms with Crippen molar-refractivity contribution in [2.75, 3.05) is 0 Å². The van der Waals surface area contributed by atoms with Crippen LogP contribution >= 0.6 is 11.3 Å². The van der Waals surface area contributed by atoms with Gasteiger partial charge in [-0.3, -0.25) is 4.57 Å². The average Bonchev–Trinajstić information content (AvgIpc) is 3.28. The number of fused-ring (bicyclic) bond motifs is 1. The molecule has 1 aromatic carbocycles. The number of hydrogen-bond acceptors (Lipinski definition) is 4. The van der Waals surface area contributed by atoms with E-state index in [1.807, 2.05) is 58.7 Å². The largest absolute Gasteiger partial charge is 0.345 e. The number of para-hydroxylation sites is 1. The van der Waals surface area contributed by atoms with Crippen molar-refractivity contribution in [2.24, 2.45) is 10.7 Å². The second-order valence-corrected chi connectivity index (χ2v) is 6.42. The molecule has 5 nitrogen and oxygen atoms in total. The summed E-state index contributed by atoms with van der Waals surface area (Å²) in [6, 6.07) is 12.0. The van der Waals surface area contributed by atoms with E-state index in [2.05, 4.69) is 16.5 Å². The SMILES string of the molecule is C=C(N=c1sccn1-c1ccccc1CN)c1c[nH]c2ncccc12. The van der Waals surface area contributed by atoms with Gasteiger partial charge in [0.2, 0.25) is 0 Å². The van der Waals surface area contributed by atoms with E-state index >= 15 is 0 Å². The van der Waals surface area contributed by atoms with Crippen molar-refractivity contribution in [3.63, 3.8) is 0 Å². The summed E-state index contributed by atoms with van der Waals surface area (Å²) in [5.41, 5.74) is 10.5. The van der Waals surface area contributed by atoms with Crippen molar-refractivity contribution in [3.05, 3.63) is 82.9 Å². The van der Waals surface area contributed by atoms with E-state index in [0.717, 1.165) is 32.6 Å². The van der Waals surface area contributed by atoms with Crippen LogP contribution < -0.4 is 10.5 Å². The molecule has 124 valence electrons. The molecule has 25 heavy (non-hydrogen) atoms. The summed E-state index contributed by atoms with van der Waals surface area (Å²) in [5, 5.41) is 3.03. The number of benzene rings is 1. The van der Waals surface area contributed by atoms with Gasteiger partial charge in [-0.2, -0.15) is 0 Å². The number of hydrogen-bond donors (Lipinski definition) is 2. The molecule has 0 saturated heterocycles. The van der Waals surface area contributed by atoms with Crippen LogP contribution in [-0.4, -0.2) is 14.5 Å².